The summed E-state index contributed by atoms with van der Waals surface area (Å²) in [7, 11) is 1.60. The number of aromatic nitrogens is 2. The van der Waals surface area contributed by atoms with Crippen molar-refractivity contribution in [1.29, 1.82) is 0 Å². The SMILES string of the molecule is COc1ccc(-c2cnc(C)c([C@H](OC(C)(C)C)C(=O)O)c2N2CCC(C)(C)CC2)nc1. The molecule has 1 atom stereocenters. The smallest absolute Gasteiger partial charge is 0.337 e. The van der Waals surface area contributed by atoms with E-state index in [0.717, 1.165) is 42.9 Å². The van der Waals surface area contributed by atoms with Crippen LogP contribution in [0.4, 0.5) is 5.69 Å². The summed E-state index contributed by atoms with van der Waals surface area (Å²) in [5.74, 6) is -0.363. The van der Waals surface area contributed by atoms with Gasteiger partial charge in [0.15, 0.2) is 6.10 Å². The molecule has 0 aromatic carbocycles. The summed E-state index contributed by atoms with van der Waals surface area (Å²) in [6, 6.07) is 3.73. The molecule has 7 nitrogen and oxygen atoms in total. The van der Waals surface area contributed by atoms with E-state index in [2.05, 4.69) is 28.7 Å². The molecule has 3 rings (SSSR count). The average molecular weight is 442 g/mol. The highest BCUT2D eigenvalue weighted by Gasteiger charge is 2.35. The Bertz CT molecular complexity index is 954. The maximum absolute atomic E-state index is 12.4. The average Bonchev–Trinajstić information content (AvgIpc) is 2.71. The van der Waals surface area contributed by atoms with Crippen molar-refractivity contribution in [2.75, 3.05) is 25.1 Å². The summed E-state index contributed by atoms with van der Waals surface area (Å²) in [6.45, 7) is 13.6. The van der Waals surface area contributed by atoms with Gasteiger partial charge in [0.05, 0.1) is 30.3 Å². The molecule has 1 N–H and O–H groups in total. The molecule has 0 aliphatic carbocycles. The van der Waals surface area contributed by atoms with Gasteiger partial charge in [-0.3, -0.25) is 9.97 Å². The van der Waals surface area contributed by atoms with Gasteiger partial charge in [0.2, 0.25) is 0 Å². The molecule has 0 radical (unpaired) electrons. The molecule has 174 valence electrons. The number of methoxy groups -OCH3 is 1. The molecule has 2 aromatic heterocycles. The summed E-state index contributed by atoms with van der Waals surface area (Å²) in [5.41, 5.74) is 3.25. The fourth-order valence-corrected chi connectivity index (χ4v) is 4.03. The van der Waals surface area contributed by atoms with Crippen LogP contribution >= 0.6 is 0 Å². The van der Waals surface area contributed by atoms with E-state index in [9.17, 15) is 9.90 Å². The van der Waals surface area contributed by atoms with Crippen molar-refractivity contribution in [3.8, 4) is 17.0 Å². The number of nitrogens with zero attached hydrogens (tertiary/aromatic N) is 3. The van der Waals surface area contributed by atoms with Crippen LogP contribution in [0, 0.1) is 12.3 Å². The highest BCUT2D eigenvalue weighted by atomic mass is 16.5. The van der Waals surface area contributed by atoms with Crippen molar-refractivity contribution in [2.45, 2.75) is 66.1 Å². The molecular formula is C25H35N3O4. The number of hydrogen-bond donors (Lipinski definition) is 1. The minimum absolute atomic E-state index is 0.255. The van der Waals surface area contributed by atoms with Gasteiger partial charge >= 0.3 is 5.97 Å². The third-order valence-electron chi connectivity index (χ3n) is 5.93. The quantitative estimate of drug-likeness (QED) is 0.673. The van der Waals surface area contributed by atoms with Crippen LogP contribution in [-0.4, -0.2) is 46.8 Å². The van der Waals surface area contributed by atoms with Gasteiger partial charge in [-0.2, -0.15) is 0 Å². The molecule has 32 heavy (non-hydrogen) atoms. The Morgan fingerprint density at radius 2 is 1.81 bits per heavy atom. The van der Waals surface area contributed by atoms with Crippen LogP contribution < -0.4 is 9.64 Å². The van der Waals surface area contributed by atoms with E-state index in [1.165, 1.54) is 0 Å². The number of carboxylic acids is 1. The number of aliphatic carboxylic acids is 1. The van der Waals surface area contributed by atoms with Gasteiger partial charge in [0.25, 0.3) is 0 Å². The number of carbonyl (C=O) groups is 1. The zero-order chi connectivity index (χ0) is 23.7. The Hall–Kier alpha value is -2.67. The van der Waals surface area contributed by atoms with Crippen LogP contribution in [0.5, 0.6) is 5.75 Å². The first-order valence-electron chi connectivity index (χ1n) is 11.1. The van der Waals surface area contributed by atoms with Crippen molar-refractivity contribution in [2.24, 2.45) is 5.41 Å². The largest absolute Gasteiger partial charge is 0.495 e. The number of anilines is 1. The number of aryl methyl sites for hydroxylation is 1. The zero-order valence-corrected chi connectivity index (χ0v) is 20.2. The van der Waals surface area contributed by atoms with Crippen LogP contribution in [0.25, 0.3) is 11.3 Å². The van der Waals surface area contributed by atoms with Gasteiger partial charge in [-0.25, -0.2) is 4.79 Å². The number of piperidine rings is 1. The number of hydrogen-bond acceptors (Lipinski definition) is 6. The Morgan fingerprint density at radius 3 is 2.31 bits per heavy atom. The first-order valence-corrected chi connectivity index (χ1v) is 11.1. The molecule has 1 saturated heterocycles. The fourth-order valence-electron chi connectivity index (χ4n) is 4.03. The lowest BCUT2D eigenvalue weighted by molar-refractivity contribution is -0.160. The predicted octanol–water partition coefficient (Wildman–Crippen LogP) is 5.03. The van der Waals surface area contributed by atoms with E-state index < -0.39 is 17.7 Å². The van der Waals surface area contributed by atoms with Crippen molar-refractivity contribution in [1.82, 2.24) is 9.97 Å². The van der Waals surface area contributed by atoms with Gasteiger partial charge < -0.3 is 19.5 Å². The molecule has 7 heteroatoms. The lowest BCUT2D eigenvalue weighted by atomic mass is 9.82. The highest BCUT2D eigenvalue weighted by molar-refractivity contribution is 5.85. The minimum Gasteiger partial charge on any atom is -0.495 e. The van der Waals surface area contributed by atoms with Gasteiger partial charge in [0, 0.05) is 36.1 Å². The van der Waals surface area contributed by atoms with Gasteiger partial charge in [0.1, 0.15) is 5.75 Å². The van der Waals surface area contributed by atoms with Gasteiger partial charge in [-0.05, 0) is 58.1 Å². The van der Waals surface area contributed by atoms with Crippen LogP contribution in [-0.2, 0) is 9.53 Å². The molecule has 0 saturated carbocycles. The first-order chi connectivity index (χ1) is 14.9. The summed E-state index contributed by atoms with van der Waals surface area (Å²) in [4.78, 5) is 23.8. The van der Waals surface area contributed by atoms with E-state index in [1.54, 1.807) is 19.5 Å². The zero-order valence-electron chi connectivity index (χ0n) is 20.2. The van der Waals surface area contributed by atoms with E-state index in [1.807, 2.05) is 39.8 Å². The maximum atomic E-state index is 12.4. The molecule has 1 fully saturated rings. The second-order valence-corrected chi connectivity index (χ2v) is 10.2. The Kier molecular flexibility index (Phi) is 6.79. The van der Waals surface area contributed by atoms with E-state index >= 15 is 0 Å². The Labute approximate surface area is 190 Å². The van der Waals surface area contributed by atoms with Crippen molar-refractivity contribution < 1.29 is 19.4 Å². The maximum Gasteiger partial charge on any atom is 0.337 e. The third-order valence-corrected chi connectivity index (χ3v) is 5.93. The summed E-state index contributed by atoms with van der Waals surface area (Å²) in [6.07, 6.45) is 4.35. The minimum atomic E-state index is -1.13. The van der Waals surface area contributed by atoms with Crippen LogP contribution in [0.2, 0.25) is 0 Å². The van der Waals surface area contributed by atoms with E-state index in [4.69, 9.17) is 9.47 Å². The monoisotopic (exact) mass is 441 g/mol. The molecule has 0 unspecified atom stereocenters. The van der Waals surface area contributed by atoms with Gasteiger partial charge in [-0.15, -0.1) is 0 Å². The molecule has 1 aliphatic heterocycles. The molecule has 0 spiro atoms. The summed E-state index contributed by atoms with van der Waals surface area (Å²) in [5, 5.41) is 10.1. The van der Waals surface area contributed by atoms with Gasteiger partial charge in [-0.1, -0.05) is 13.8 Å². The number of ether oxygens (including phenoxy) is 2. The van der Waals surface area contributed by atoms with Crippen LogP contribution in [0.1, 0.15) is 64.8 Å². The molecule has 0 bridgehead atoms. The molecule has 2 aromatic rings. The van der Waals surface area contributed by atoms with E-state index in [0.29, 0.717) is 17.0 Å². The van der Waals surface area contributed by atoms with Crippen LogP contribution in [0.15, 0.2) is 24.5 Å². The Morgan fingerprint density at radius 1 is 1.16 bits per heavy atom. The van der Waals surface area contributed by atoms with Crippen molar-refractivity contribution >= 4 is 11.7 Å². The normalized spacial score (nSPS) is 17.2. The number of carboxylic acid groups (broad SMARTS) is 1. The standard InChI is InChI=1S/C25H35N3O4/c1-16-20(22(23(29)30)32-24(2,3)4)21(28-12-10-25(5,6)11-13-28)18(15-26-16)19-9-8-17(31-7)14-27-19/h8-9,14-15,22H,10-13H2,1-7H3,(H,29,30)/t22-/m0/s1. The first kappa shape index (κ1) is 24.0. The fraction of sp³-hybridized carbons (Fsp3) is 0.560. The summed E-state index contributed by atoms with van der Waals surface area (Å²) >= 11 is 0. The second kappa shape index (κ2) is 9.06. The third kappa shape index (κ3) is 5.38. The Balaban J connectivity index is 2.21. The predicted molar refractivity (Wildman–Crippen MR) is 125 cm³/mol. The topological polar surface area (TPSA) is 84.8 Å². The van der Waals surface area contributed by atoms with Crippen molar-refractivity contribution in [3.63, 3.8) is 0 Å². The number of rotatable bonds is 6. The lowest BCUT2D eigenvalue weighted by Crippen LogP contribution is -2.39. The van der Waals surface area contributed by atoms with Crippen molar-refractivity contribution in [3.05, 3.63) is 35.8 Å². The molecule has 0 amide bonds. The highest BCUT2D eigenvalue weighted by Crippen LogP contribution is 2.43. The van der Waals surface area contributed by atoms with Crippen LogP contribution in [0.3, 0.4) is 0 Å². The molecule has 3 heterocycles. The number of pyridine rings is 2. The second-order valence-electron chi connectivity index (χ2n) is 10.2. The molecular weight excluding hydrogens is 406 g/mol. The lowest BCUT2D eigenvalue weighted by Gasteiger charge is -2.40. The molecule has 1 aliphatic rings. The van der Waals surface area contributed by atoms with E-state index in [-0.39, 0.29) is 5.41 Å². The summed E-state index contributed by atoms with van der Waals surface area (Å²) < 4.78 is 11.3.